The molecule has 1 aliphatic heterocycles. The molecule has 1 aromatic heterocycles. The van der Waals surface area contributed by atoms with Crippen LogP contribution in [0.25, 0.3) is 0 Å². The van der Waals surface area contributed by atoms with E-state index in [0.717, 1.165) is 10.4 Å². The molecule has 4 amide bonds. The van der Waals surface area contributed by atoms with Gasteiger partial charge in [-0.15, -0.1) is 11.3 Å². The van der Waals surface area contributed by atoms with E-state index in [0.29, 0.717) is 30.1 Å². The Morgan fingerprint density at radius 2 is 2.05 bits per heavy atom. The van der Waals surface area contributed by atoms with Gasteiger partial charge >= 0.3 is 6.03 Å². The van der Waals surface area contributed by atoms with Gasteiger partial charge in [0.2, 0.25) is 5.91 Å². The number of urea groups is 1. The van der Waals surface area contributed by atoms with Crippen LogP contribution in [0.3, 0.4) is 0 Å². The molecule has 0 aliphatic carbocycles. The molecule has 8 heteroatoms. The van der Waals surface area contributed by atoms with Crippen molar-refractivity contribution in [3.63, 3.8) is 0 Å². The Hall–Kier alpha value is -2.09. The Kier molecular flexibility index (Phi) is 3.43. The molecule has 1 aliphatic rings. The number of nitrogen functional groups attached to an aromatic ring is 1. The summed E-state index contributed by atoms with van der Waals surface area (Å²) in [5.41, 5.74) is 11.9. The van der Waals surface area contributed by atoms with Crippen molar-refractivity contribution in [2.75, 3.05) is 12.3 Å². The molecule has 0 aromatic carbocycles. The molecule has 102 valence electrons. The summed E-state index contributed by atoms with van der Waals surface area (Å²) in [7, 11) is 0. The Bertz CT molecular complexity index is 567. The number of nitrogens with one attached hydrogen (secondary N) is 1. The number of carbonyl (C=O) groups excluding carboxylic acids is 3. The molecule has 1 aromatic rings. The van der Waals surface area contributed by atoms with Gasteiger partial charge in [0.1, 0.15) is 0 Å². The molecule has 7 nitrogen and oxygen atoms in total. The van der Waals surface area contributed by atoms with Crippen LogP contribution in [0.1, 0.15) is 27.7 Å². The number of carbonyl (C=O) groups is 3. The number of nitrogens with zero attached hydrogens (tertiary/aromatic N) is 1. The van der Waals surface area contributed by atoms with E-state index < -0.39 is 11.9 Å². The van der Waals surface area contributed by atoms with Crippen molar-refractivity contribution in [2.45, 2.75) is 19.9 Å². The van der Waals surface area contributed by atoms with Crippen LogP contribution in [-0.4, -0.2) is 29.3 Å². The molecule has 2 heterocycles. The third-order valence-corrected chi connectivity index (χ3v) is 4.04. The van der Waals surface area contributed by atoms with Crippen molar-refractivity contribution in [1.29, 1.82) is 0 Å². The van der Waals surface area contributed by atoms with E-state index in [9.17, 15) is 14.4 Å². The number of anilines is 1. The lowest BCUT2D eigenvalue weighted by molar-refractivity contribution is -0.129. The van der Waals surface area contributed by atoms with Crippen molar-refractivity contribution < 1.29 is 14.4 Å². The zero-order valence-electron chi connectivity index (χ0n) is 10.4. The molecule has 0 saturated carbocycles. The largest absolute Gasteiger partial charge is 0.390 e. The predicted molar refractivity (Wildman–Crippen MR) is 70.6 cm³/mol. The molecule has 0 radical (unpaired) electrons. The predicted octanol–water partition coefficient (Wildman–Crippen LogP) is 0.0434. The van der Waals surface area contributed by atoms with Crippen molar-refractivity contribution in [3.05, 3.63) is 16.0 Å². The molecule has 2 rings (SSSR count). The summed E-state index contributed by atoms with van der Waals surface area (Å²) in [5.74, 6) is -0.598. The van der Waals surface area contributed by atoms with Crippen molar-refractivity contribution in [3.8, 4) is 0 Å². The van der Waals surface area contributed by atoms with E-state index in [1.54, 1.807) is 4.90 Å². The first kappa shape index (κ1) is 13.3. The molecule has 5 N–H and O–H groups in total. The average Bonchev–Trinajstić information content (AvgIpc) is 2.62. The minimum Gasteiger partial charge on any atom is -0.390 e. The standard InChI is InChI=1S/C11H14N4O3S/c1-5(16)15-3-2-6-7(4-15)19-9(12)8(6)10(17)14-11(13)18/h2-4,12H2,1H3,(H3,13,14,17,18). The van der Waals surface area contributed by atoms with Gasteiger partial charge in [0.05, 0.1) is 17.1 Å². The van der Waals surface area contributed by atoms with Gasteiger partial charge in [0, 0.05) is 18.3 Å². The summed E-state index contributed by atoms with van der Waals surface area (Å²) in [5, 5.41) is 2.36. The average molecular weight is 282 g/mol. The highest BCUT2D eigenvalue weighted by atomic mass is 32.1. The second-order valence-corrected chi connectivity index (χ2v) is 5.39. The van der Waals surface area contributed by atoms with Gasteiger partial charge in [-0.2, -0.15) is 0 Å². The highest BCUT2D eigenvalue weighted by Gasteiger charge is 2.28. The summed E-state index contributed by atoms with van der Waals surface area (Å²) in [6.07, 6.45) is 0.546. The highest BCUT2D eigenvalue weighted by Crippen LogP contribution is 2.35. The first-order valence-electron chi connectivity index (χ1n) is 5.66. The molecule has 19 heavy (non-hydrogen) atoms. The Labute approximate surface area is 113 Å². The molecule has 0 fully saturated rings. The van der Waals surface area contributed by atoms with Crippen LogP contribution in [0.2, 0.25) is 0 Å². The number of thiophene rings is 1. The molecule has 0 spiro atoms. The number of hydrogen-bond acceptors (Lipinski definition) is 5. The molecule has 0 bridgehead atoms. The maximum atomic E-state index is 11.9. The summed E-state index contributed by atoms with van der Waals surface area (Å²) in [4.78, 5) is 36.5. The summed E-state index contributed by atoms with van der Waals surface area (Å²) < 4.78 is 0. The number of fused-ring (bicyclic) bond motifs is 1. The number of amides is 4. The van der Waals surface area contributed by atoms with Crippen molar-refractivity contribution >= 4 is 34.2 Å². The van der Waals surface area contributed by atoms with E-state index in [-0.39, 0.29) is 5.91 Å². The lowest BCUT2D eigenvalue weighted by Crippen LogP contribution is -2.37. The van der Waals surface area contributed by atoms with E-state index in [1.165, 1.54) is 18.3 Å². The monoisotopic (exact) mass is 282 g/mol. The van der Waals surface area contributed by atoms with Gasteiger partial charge in [-0.1, -0.05) is 0 Å². The van der Waals surface area contributed by atoms with Crippen LogP contribution in [0, 0.1) is 0 Å². The van der Waals surface area contributed by atoms with E-state index in [1.807, 2.05) is 5.32 Å². The first-order valence-corrected chi connectivity index (χ1v) is 6.48. The molecule has 0 saturated heterocycles. The van der Waals surface area contributed by atoms with Gasteiger partial charge in [-0.25, -0.2) is 4.79 Å². The Morgan fingerprint density at radius 1 is 1.37 bits per heavy atom. The summed E-state index contributed by atoms with van der Waals surface area (Å²) >= 11 is 1.26. The quantitative estimate of drug-likeness (QED) is 0.674. The van der Waals surface area contributed by atoms with Crippen LogP contribution >= 0.6 is 11.3 Å². The highest BCUT2D eigenvalue weighted by molar-refractivity contribution is 7.16. The normalized spacial score (nSPS) is 13.8. The summed E-state index contributed by atoms with van der Waals surface area (Å²) in [6.45, 7) is 2.49. The molecule has 0 atom stereocenters. The fourth-order valence-electron chi connectivity index (χ4n) is 2.12. The van der Waals surface area contributed by atoms with E-state index >= 15 is 0 Å². The fourth-order valence-corrected chi connectivity index (χ4v) is 3.25. The third-order valence-electron chi connectivity index (χ3n) is 2.99. The maximum Gasteiger partial charge on any atom is 0.319 e. The van der Waals surface area contributed by atoms with Gasteiger partial charge < -0.3 is 16.4 Å². The minimum atomic E-state index is -0.912. The van der Waals surface area contributed by atoms with Gasteiger partial charge in [-0.3, -0.25) is 14.9 Å². The number of hydrogen-bond donors (Lipinski definition) is 3. The second-order valence-electron chi connectivity index (χ2n) is 4.25. The maximum absolute atomic E-state index is 11.9. The van der Waals surface area contributed by atoms with Crippen LogP contribution in [-0.2, 0) is 17.8 Å². The van der Waals surface area contributed by atoms with Gasteiger partial charge in [-0.05, 0) is 12.0 Å². The fraction of sp³-hybridized carbons (Fsp3) is 0.364. The van der Waals surface area contributed by atoms with E-state index in [2.05, 4.69) is 0 Å². The SMILES string of the molecule is CC(=O)N1CCc2c(sc(N)c2C(=O)NC(N)=O)C1. The smallest absolute Gasteiger partial charge is 0.319 e. The van der Waals surface area contributed by atoms with Crippen LogP contribution in [0.15, 0.2) is 0 Å². The molecular formula is C11H14N4O3S. The topological polar surface area (TPSA) is 119 Å². The van der Waals surface area contributed by atoms with E-state index in [4.69, 9.17) is 11.5 Å². The Balaban J connectivity index is 2.32. The van der Waals surface area contributed by atoms with Crippen molar-refractivity contribution in [1.82, 2.24) is 10.2 Å². The second kappa shape index (κ2) is 4.88. The van der Waals surface area contributed by atoms with Crippen molar-refractivity contribution in [2.24, 2.45) is 5.73 Å². The lowest BCUT2D eigenvalue weighted by atomic mass is 10.0. The Morgan fingerprint density at radius 3 is 2.63 bits per heavy atom. The van der Waals surface area contributed by atoms with Gasteiger partial charge in [0.25, 0.3) is 5.91 Å². The molecular weight excluding hydrogens is 268 g/mol. The number of imide groups is 1. The van der Waals surface area contributed by atoms with Gasteiger partial charge in [0.15, 0.2) is 0 Å². The van der Waals surface area contributed by atoms with Crippen LogP contribution < -0.4 is 16.8 Å². The summed E-state index contributed by atoms with van der Waals surface area (Å²) in [6, 6.07) is -0.912. The number of nitrogens with two attached hydrogens (primary N) is 2. The number of rotatable bonds is 1. The van der Waals surface area contributed by atoms with Crippen LogP contribution in [0.4, 0.5) is 9.80 Å². The van der Waals surface area contributed by atoms with Crippen LogP contribution in [0.5, 0.6) is 0 Å². The first-order chi connectivity index (χ1) is 8.90. The lowest BCUT2D eigenvalue weighted by Gasteiger charge is -2.25. The zero-order chi connectivity index (χ0) is 14.2. The third kappa shape index (κ3) is 2.53. The molecule has 0 unspecified atom stereocenters. The number of primary amides is 1. The zero-order valence-corrected chi connectivity index (χ0v) is 11.2. The minimum absolute atomic E-state index is 0.0132.